The molecule has 6 heteroatoms. The fourth-order valence-electron chi connectivity index (χ4n) is 1.64. The van der Waals surface area contributed by atoms with E-state index in [4.69, 9.17) is 10.5 Å². The summed E-state index contributed by atoms with van der Waals surface area (Å²) < 4.78 is 6.13. The molecule has 3 N–H and O–H groups in total. The van der Waals surface area contributed by atoms with Gasteiger partial charge < -0.3 is 15.8 Å². The van der Waals surface area contributed by atoms with E-state index in [1.807, 2.05) is 18.2 Å². The smallest absolute Gasteiger partial charge is 0.144 e. The standard InChI is InChI=1S/C13H15BrN4O/c1-19-11-3-2-9(6-10(11)14)7-16-8-13-17-5-4-12(15)18-13/h2-6,16H,7-8H2,1H3,(H2,15,17,18). The second-order valence-electron chi connectivity index (χ2n) is 3.97. The molecule has 0 aliphatic carbocycles. The lowest BCUT2D eigenvalue weighted by Gasteiger charge is -2.07. The summed E-state index contributed by atoms with van der Waals surface area (Å²) in [6, 6.07) is 7.63. The molecule has 0 atom stereocenters. The molecule has 0 fully saturated rings. The number of anilines is 1. The molecule has 1 heterocycles. The van der Waals surface area contributed by atoms with Crippen molar-refractivity contribution in [3.63, 3.8) is 0 Å². The molecule has 0 aliphatic heterocycles. The predicted molar refractivity (Wildman–Crippen MR) is 77.7 cm³/mol. The topological polar surface area (TPSA) is 73.1 Å². The second-order valence-corrected chi connectivity index (χ2v) is 4.82. The van der Waals surface area contributed by atoms with Crippen molar-refractivity contribution >= 4 is 21.7 Å². The van der Waals surface area contributed by atoms with E-state index in [9.17, 15) is 0 Å². The zero-order valence-corrected chi connectivity index (χ0v) is 12.1. The van der Waals surface area contributed by atoms with Gasteiger partial charge in [-0.25, -0.2) is 9.97 Å². The number of aromatic nitrogens is 2. The van der Waals surface area contributed by atoms with Gasteiger partial charge in [-0.1, -0.05) is 6.07 Å². The first-order valence-electron chi connectivity index (χ1n) is 5.79. The molecule has 0 aliphatic rings. The maximum Gasteiger partial charge on any atom is 0.144 e. The van der Waals surface area contributed by atoms with E-state index in [-0.39, 0.29) is 0 Å². The van der Waals surface area contributed by atoms with Gasteiger partial charge >= 0.3 is 0 Å². The average molecular weight is 323 g/mol. The normalized spacial score (nSPS) is 10.4. The van der Waals surface area contributed by atoms with E-state index in [2.05, 4.69) is 31.2 Å². The lowest BCUT2D eigenvalue weighted by atomic mass is 10.2. The number of hydrogen-bond donors (Lipinski definition) is 2. The molecule has 0 spiro atoms. The van der Waals surface area contributed by atoms with Crippen molar-refractivity contribution in [2.75, 3.05) is 12.8 Å². The highest BCUT2D eigenvalue weighted by Gasteiger charge is 2.02. The largest absolute Gasteiger partial charge is 0.496 e. The molecule has 0 radical (unpaired) electrons. The number of nitrogen functional groups attached to an aromatic ring is 1. The molecule has 5 nitrogen and oxygen atoms in total. The Kier molecular flexibility index (Phi) is 4.70. The summed E-state index contributed by atoms with van der Waals surface area (Å²) in [5.74, 6) is 1.99. The summed E-state index contributed by atoms with van der Waals surface area (Å²) in [6.07, 6.45) is 1.66. The van der Waals surface area contributed by atoms with Gasteiger partial charge in [0.1, 0.15) is 17.4 Å². The fraction of sp³-hybridized carbons (Fsp3) is 0.231. The number of methoxy groups -OCH3 is 1. The van der Waals surface area contributed by atoms with Gasteiger partial charge in [-0.2, -0.15) is 0 Å². The van der Waals surface area contributed by atoms with Crippen LogP contribution in [0.4, 0.5) is 5.82 Å². The van der Waals surface area contributed by atoms with E-state index in [0.29, 0.717) is 18.2 Å². The number of benzene rings is 1. The number of nitrogens with zero attached hydrogens (tertiary/aromatic N) is 2. The number of nitrogens with one attached hydrogen (secondary N) is 1. The molecule has 0 amide bonds. The minimum absolute atomic E-state index is 0.485. The maximum atomic E-state index is 5.59. The van der Waals surface area contributed by atoms with Gasteiger partial charge in [0.15, 0.2) is 0 Å². The summed E-state index contributed by atoms with van der Waals surface area (Å²) in [5, 5.41) is 3.27. The third-order valence-electron chi connectivity index (χ3n) is 2.56. The monoisotopic (exact) mass is 322 g/mol. The van der Waals surface area contributed by atoms with Crippen LogP contribution in [0.1, 0.15) is 11.4 Å². The molecule has 0 bridgehead atoms. The summed E-state index contributed by atoms with van der Waals surface area (Å²) in [4.78, 5) is 8.26. The van der Waals surface area contributed by atoms with Crippen LogP contribution in [0.3, 0.4) is 0 Å². The van der Waals surface area contributed by atoms with Gasteiger partial charge in [0.25, 0.3) is 0 Å². The van der Waals surface area contributed by atoms with E-state index >= 15 is 0 Å². The molecule has 1 aromatic heterocycles. The first-order chi connectivity index (χ1) is 9.19. The molecule has 100 valence electrons. The van der Waals surface area contributed by atoms with Crippen molar-refractivity contribution < 1.29 is 4.74 Å². The van der Waals surface area contributed by atoms with Gasteiger partial charge in [0, 0.05) is 12.7 Å². The van der Waals surface area contributed by atoms with E-state index in [1.54, 1.807) is 19.4 Å². The van der Waals surface area contributed by atoms with Crippen molar-refractivity contribution in [2.45, 2.75) is 13.1 Å². The van der Waals surface area contributed by atoms with Crippen molar-refractivity contribution in [1.82, 2.24) is 15.3 Å². The number of halogens is 1. The Labute approximate surface area is 120 Å². The number of ether oxygens (including phenoxy) is 1. The molecule has 19 heavy (non-hydrogen) atoms. The highest BCUT2D eigenvalue weighted by atomic mass is 79.9. The molecular weight excluding hydrogens is 308 g/mol. The molecule has 2 aromatic rings. The highest BCUT2D eigenvalue weighted by Crippen LogP contribution is 2.25. The Morgan fingerprint density at radius 3 is 2.84 bits per heavy atom. The minimum Gasteiger partial charge on any atom is -0.496 e. The van der Waals surface area contributed by atoms with Crippen molar-refractivity contribution in [3.8, 4) is 5.75 Å². The maximum absolute atomic E-state index is 5.59. The van der Waals surface area contributed by atoms with Crippen LogP contribution in [0.2, 0.25) is 0 Å². The molecule has 1 aromatic carbocycles. The van der Waals surface area contributed by atoms with E-state index in [1.165, 1.54) is 0 Å². The Hall–Kier alpha value is -1.66. The minimum atomic E-state index is 0.485. The Bertz CT molecular complexity index is 562. The van der Waals surface area contributed by atoms with E-state index < -0.39 is 0 Å². The van der Waals surface area contributed by atoms with Gasteiger partial charge in [-0.15, -0.1) is 0 Å². The van der Waals surface area contributed by atoms with Crippen LogP contribution in [0.15, 0.2) is 34.9 Å². The first-order valence-corrected chi connectivity index (χ1v) is 6.59. The predicted octanol–water partition coefficient (Wildman–Crippen LogP) is 2.12. The average Bonchev–Trinajstić information content (AvgIpc) is 2.39. The third kappa shape index (κ3) is 3.90. The number of rotatable bonds is 5. The number of hydrogen-bond acceptors (Lipinski definition) is 5. The summed E-state index contributed by atoms with van der Waals surface area (Å²) in [7, 11) is 1.65. The molecule has 0 saturated carbocycles. The van der Waals surface area contributed by atoms with Crippen LogP contribution >= 0.6 is 15.9 Å². The third-order valence-corrected chi connectivity index (χ3v) is 3.18. The SMILES string of the molecule is COc1ccc(CNCc2nccc(N)n2)cc1Br. The van der Waals surface area contributed by atoms with Crippen LogP contribution in [0.5, 0.6) is 5.75 Å². The van der Waals surface area contributed by atoms with Crippen LogP contribution < -0.4 is 15.8 Å². The van der Waals surface area contributed by atoms with Gasteiger partial charge in [0.05, 0.1) is 18.1 Å². The fourth-order valence-corrected chi connectivity index (χ4v) is 2.23. The van der Waals surface area contributed by atoms with Crippen molar-refractivity contribution in [3.05, 3.63) is 46.3 Å². The van der Waals surface area contributed by atoms with Gasteiger partial charge in [-0.3, -0.25) is 0 Å². The van der Waals surface area contributed by atoms with Crippen LogP contribution in [0.25, 0.3) is 0 Å². The van der Waals surface area contributed by atoms with Crippen molar-refractivity contribution in [2.24, 2.45) is 0 Å². The lowest BCUT2D eigenvalue weighted by Crippen LogP contribution is -2.15. The van der Waals surface area contributed by atoms with Gasteiger partial charge in [0.2, 0.25) is 0 Å². The molecule has 0 unspecified atom stereocenters. The molecular formula is C13H15BrN4O. The zero-order valence-electron chi connectivity index (χ0n) is 10.6. The van der Waals surface area contributed by atoms with E-state index in [0.717, 1.165) is 22.3 Å². The van der Waals surface area contributed by atoms with Crippen LogP contribution in [-0.4, -0.2) is 17.1 Å². The quantitative estimate of drug-likeness (QED) is 0.882. The lowest BCUT2D eigenvalue weighted by molar-refractivity contribution is 0.412. The van der Waals surface area contributed by atoms with Crippen LogP contribution in [-0.2, 0) is 13.1 Å². The Morgan fingerprint density at radius 1 is 1.32 bits per heavy atom. The summed E-state index contributed by atoms with van der Waals surface area (Å²) in [5.41, 5.74) is 6.74. The second kappa shape index (κ2) is 6.49. The Morgan fingerprint density at radius 2 is 2.16 bits per heavy atom. The van der Waals surface area contributed by atoms with Crippen molar-refractivity contribution in [1.29, 1.82) is 0 Å². The summed E-state index contributed by atoms with van der Waals surface area (Å²) in [6.45, 7) is 1.30. The van der Waals surface area contributed by atoms with Gasteiger partial charge in [-0.05, 0) is 39.7 Å². The molecule has 2 rings (SSSR count). The number of nitrogens with two attached hydrogens (primary N) is 1. The highest BCUT2D eigenvalue weighted by molar-refractivity contribution is 9.10. The molecule has 0 saturated heterocycles. The Balaban J connectivity index is 1.90. The van der Waals surface area contributed by atoms with Crippen LogP contribution in [0, 0.1) is 0 Å². The zero-order chi connectivity index (χ0) is 13.7. The first kappa shape index (κ1) is 13.8. The summed E-state index contributed by atoms with van der Waals surface area (Å²) >= 11 is 3.46.